The van der Waals surface area contributed by atoms with Crippen molar-refractivity contribution in [3.05, 3.63) is 65.0 Å². The number of thioether (sulfide) groups is 1. The molecule has 0 radical (unpaired) electrons. The number of rotatable bonds is 4. The average molecular weight is 394 g/mol. The van der Waals surface area contributed by atoms with E-state index >= 15 is 0 Å². The van der Waals surface area contributed by atoms with E-state index in [0.29, 0.717) is 22.0 Å². The van der Waals surface area contributed by atoms with Crippen molar-refractivity contribution in [2.45, 2.75) is 24.9 Å². The molecule has 144 valence electrons. The Morgan fingerprint density at radius 2 is 1.89 bits per heavy atom. The van der Waals surface area contributed by atoms with E-state index in [4.69, 9.17) is 4.98 Å². The van der Waals surface area contributed by atoms with Crippen LogP contribution in [0, 0.1) is 5.92 Å². The smallest absolute Gasteiger partial charge is 0.266 e. The first kappa shape index (κ1) is 18.7. The van der Waals surface area contributed by atoms with Crippen LogP contribution in [0.1, 0.15) is 19.8 Å². The van der Waals surface area contributed by atoms with E-state index < -0.39 is 0 Å². The number of likely N-dealkylation sites (tertiary alicyclic amines) is 1. The van der Waals surface area contributed by atoms with Gasteiger partial charge in [-0.3, -0.25) is 14.2 Å². The Kier molecular flexibility index (Phi) is 5.48. The van der Waals surface area contributed by atoms with Crippen LogP contribution < -0.4 is 5.56 Å². The molecule has 3 aromatic rings. The number of aromatic nitrogens is 2. The minimum absolute atomic E-state index is 0.110. The van der Waals surface area contributed by atoms with E-state index in [0.717, 1.165) is 25.2 Å². The zero-order valence-electron chi connectivity index (χ0n) is 15.9. The van der Waals surface area contributed by atoms with E-state index in [1.165, 1.54) is 18.2 Å². The molecule has 1 amide bonds. The highest BCUT2D eigenvalue weighted by molar-refractivity contribution is 7.99. The third-order valence-corrected chi connectivity index (χ3v) is 6.02. The second kappa shape index (κ2) is 8.19. The number of amides is 1. The molecule has 28 heavy (non-hydrogen) atoms. The number of para-hydroxylation sites is 2. The maximum absolute atomic E-state index is 13.2. The van der Waals surface area contributed by atoms with E-state index in [1.54, 1.807) is 10.6 Å². The van der Waals surface area contributed by atoms with Crippen LogP contribution in [0.2, 0.25) is 0 Å². The Bertz CT molecular complexity index is 1050. The van der Waals surface area contributed by atoms with Crippen LogP contribution in [0.4, 0.5) is 0 Å². The van der Waals surface area contributed by atoms with Crippen molar-refractivity contribution in [3.8, 4) is 5.69 Å². The van der Waals surface area contributed by atoms with Crippen LogP contribution in [0.5, 0.6) is 0 Å². The number of carbonyl (C=O) groups is 1. The standard InChI is InChI=1S/C22H23N3O2S/c1-16-8-7-13-24(14-16)20(26)15-28-22-23-19-12-6-5-11-18(19)21(27)25(22)17-9-3-2-4-10-17/h2-6,9-12,16H,7-8,13-15H2,1H3. The van der Waals surface area contributed by atoms with Crippen LogP contribution in [0.3, 0.4) is 0 Å². The van der Waals surface area contributed by atoms with Crippen LogP contribution in [-0.4, -0.2) is 39.2 Å². The highest BCUT2D eigenvalue weighted by atomic mass is 32.2. The van der Waals surface area contributed by atoms with E-state index in [1.807, 2.05) is 53.4 Å². The van der Waals surface area contributed by atoms with Crippen molar-refractivity contribution >= 4 is 28.6 Å². The van der Waals surface area contributed by atoms with E-state index in [2.05, 4.69) is 6.92 Å². The first-order valence-electron chi connectivity index (χ1n) is 9.61. The lowest BCUT2D eigenvalue weighted by Crippen LogP contribution is -2.40. The molecule has 0 N–H and O–H groups in total. The predicted molar refractivity (Wildman–Crippen MR) is 113 cm³/mol. The molecule has 5 nitrogen and oxygen atoms in total. The van der Waals surface area contributed by atoms with Gasteiger partial charge in [-0.2, -0.15) is 0 Å². The molecular formula is C22H23N3O2S. The highest BCUT2D eigenvalue weighted by Crippen LogP contribution is 2.23. The maximum Gasteiger partial charge on any atom is 0.266 e. The number of fused-ring (bicyclic) bond motifs is 1. The normalized spacial score (nSPS) is 17.0. The molecule has 1 aromatic heterocycles. The Morgan fingerprint density at radius 1 is 1.14 bits per heavy atom. The number of benzene rings is 2. The molecule has 4 rings (SSSR count). The molecule has 1 aliphatic rings. The molecule has 6 heteroatoms. The molecular weight excluding hydrogens is 370 g/mol. The average Bonchev–Trinajstić information content (AvgIpc) is 2.73. The van der Waals surface area contributed by atoms with Gasteiger partial charge in [-0.25, -0.2) is 4.98 Å². The molecule has 1 saturated heterocycles. The van der Waals surface area contributed by atoms with Gasteiger partial charge in [-0.15, -0.1) is 0 Å². The third kappa shape index (κ3) is 3.83. The van der Waals surface area contributed by atoms with Gasteiger partial charge in [0, 0.05) is 13.1 Å². The van der Waals surface area contributed by atoms with Crippen molar-refractivity contribution in [3.63, 3.8) is 0 Å². The van der Waals surface area contributed by atoms with E-state index in [-0.39, 0.29) is 17.2 Å². The van der Waals surface area contributed by atoms with Gasteiger partial charge in [-0.1, -0.05) is 49.0 Å². The molecule has 1 unspecified atom stereocenters. The molecule has 0 saturated carbocycles. The molecule has 0 spiro atoms. The molecule has 1 aliphatic heterocycles. The minimum atomic E-state index is -0.113. The monoisotopic (exact) mass is 393 g/mol. The van der Waals surface area contributed by atoms with Crippen molar-refractivity contribution in [1.82, 2.24) is 14.5 Å². The summed E-state index contributed by atoms with van der Waals surface area (Å²) in [6.07, 6.45) is 2.23. The van der Waals surface area contributed by atoms with Gasteiger partial charge >= 0.3 is 0 Å². The minimum Gasteiger partial charge on any atom is -0.342 e. The lowest BCUT2D eigenvalue weighted by molar-refractivity contribution is -0.130. The summed E-state index contributed by atoms with van der Waals surface area (Å²) in [4.78, 5) is 32.5. The largest absolute Gasteiger partial charge is 0.342 e. The second-order valence-electron chi connectivity index (χ2n) is 7.26. The Labute approximate surface area is 168 Å². The van der Waals surface area contributed by atoms with Gasteiger partial charge < -0.3 is 4.90 Å². The van der Waals surface area contributed by atoms with Crippen molar-refractivity contribution < 1.29 is 4.79 Å². The molecule has 2 aromatic carbocycles. The van der Waals surface area contributed by atoms with Gasteiger partial charge in [0.2, 0.25) is 5.91 Å². The maximum atomic E-state index is 13.2. The summed E-state index contributed by atoms with van der Waals surface area (Å²) in [7, 11) is 0. The number of hydrogen-bond donors (Lipinski definition) is 0. The van der Waals surface area contributed by atoms with Gasteiger partial charge in [0.05, 0.1) is 22.3 Å². The lowest BCUT2D eigenvalue weighted by atomic mass is 10.0. The van der Waals surface area contributed by atoms with Gasteiger partial charge in [0.25, 0.3) is 5.56 Å². The van der Waals surface area contributed by atoms with Gasteiger partial charge in [0.15, 0.2) is 5.16 Å². The number of hydrogen-bond acceptors (Lipinski definition) is 4. The zero-order valence-corrected chi connectivity index (χ0v) is 16.7. The summed E-state index contributed by atoms with van der Waals surface area (Å²) in [6, 6.07) is 16.8. The fourth-order valence-electron chi connectivity index (χ4n) is 3.65. The number of piperidine rings is 1. The first-order chi connectivity index (χ1) is 13.6. The summed E-state index contributed by atoms with van der Waals surface area (Å²) in [5, 5.41) is 1.13. The lowest BCUT2D eigenvalue weighted by Gasteiger charge is -2.30. The van der Waals surface area contributed by atoms with Crippen LogP contribution in [-0.2, 0) is 4.79 Å². The first-order valence-corrected chi connectivity index (χ1v) is 10.6. The summed E-state index contributed by atoms with van der Waals surface area (Å²) in [5.74, 6) is 0.937. The second-order valence-corrected chi connectivity index (χ2v) is 8.21. The zero-order chi connectivity index (χ0) is 19.5. The Morgan fingerprint density at radius 3 is 2.68 bits per heavy atom. The molecule has 1 fully saturated rings. The highest BCUT2D eigenvalue weighted by Gasteiger charge is 2.22. The summed E-state index contributed by atoms with van der Waals surface area (Å²) in [6.45, 7) is 3.82. The van der Waals surface area contributed by atoms with Crippen molar-refractivity contribution in [2.24, 2.45) is 5.92 Å². The SMILES string of the molecule is CC1CCCN(C(=O)CSc2nc3ccccc3c(=O)n2-c2ccccc2)C1. The topological polar surface area (TPSA) is 55.2 Å². The van der Waals surface area contributed by atoms with Crippen LogP contribution in [0.15, 0.2) is 64.5 Å². The van der Waals surface area contributed by atoms with Gasteiger partial charge in [-0.05, 0) is 43.0 Å². The molecule has 2 heterocycles. The number of nitrogens with zero attached hydrogens (tertiary/aromatic N) is 3. The molecule has 1 atom stereocenters. The Balaban J connectivity index is 1.67. The third-order valence-electron chi connectivity index (χ3n) is 5.09. The van der Waals surface area contributed by atoms with Crippen LogP contribution in [0.25, 0.3) is 16.6 Å². The summed E-state index contributed by atoms with van der Waals surface area (Å²) in [5.41, 5.74) is 1.30. The fourth-order valence-corrected chi connectivity index (χ4v) is 4.56. The van der Waals surface area contributed by atoms with Gasteiger partial charge in [0.1, 0.15) is 0 Å². The molecule has 0 bridgehead atoms. The van der Waals surface area contributed by atoms with E-state index in [9.17, 15) is 9.59 Å². The Hall–Kier alpha value is -2.60. The van der Waals surface area contributed by atoms with Crippen molar-refractivity contribution in [2.75, 3.05) is 18.8 Å². The fraction of sp³-hybridized carbons (Fsp3) is 0.318. The quantitative estimate of drug-likeness (QED) is 0.501. The van der Waals surface area contributed by atoms with Crippen LogP contribution >= 0.6 is 11.8 Å². The summed E-state index contributed by atoms with van der Waals surface area (Å²) >= 11 is 1.33. The predicted octanol–water partition coefficient (Wildman–Crippen LogP) is 3.74. The molecule has 0 aliphatic carbocycles. The summed E-state index contributed by atoms with van der Waals surface area (Å²) < 4.78 is 1.61. The van der Waals surface area contributed by atoms with Crippen molar-refractivity contribution in [1.29, 1.82) is 0 Å². The number of carbonyl (C=O) groups excluding carboxylic acids is 1.